The molecule has 4 heterocycles. The molecule has 3 saturated heterocycles. The van der Waals surface area contributed by atoms with Crippen molar-refractivity contribution >= 4 is 24.5 Å². The first-order valence-corrected chi connectivity index (χ1v) is 13.5. The predicted octanol–water partition coefficient (Wildman–Crippen LogP) is 3.42. The molecule has 204 valence electrons. The summed E-state index contributed by atoms with van der Waals surface area (Å²) in [5, 5.41) is 11.9. The van der Waals surface area contributed by atoms with Crippen molar-refractivity contribution in [3.8, 4) is 11.3 Å². The molecule has 38 heavy (non-hydrogen) atoms. The van der Waals surface area contributed by atoms with Crippen molar-refractivity contribution < 1.29 is 24.0 Å². The second-order valence-corrected chi connectivity index (χ2v) is 12.5. The molecule has 1 aromatic carbocycles. The number of amides is 1. The third-order valence-corrected chi connectivity index (χ3v) is 9.32. The summed E-state index contributed by atoms with van der Waals surface area (Å²) in [5.41, 5.74) is 1.17. The molecule has 0 saturated carbocycles. The van der Waals surface area contributed by atoms with Crippen LogP contribution in [0.5, 0.6) is 0 Å². The van der Waals surface area contributed by atoms with Crippen molar-refractivity contribution in [2.45, 2.75) is 83.6 Å². The van der Waals surface area contributed by atoms with Gasteiger partial charge in [0.2, 0.25) is 0 Å². The van der Waals surface area contributed by atoms with E-state index in [1.165, 1.54) is 0 Å². The summed E-state index contributed by atoms with van der Waals surface area (Å²) in [6.45, 7) is 15.5. The number of carbonyl (C=O) groups excluding carboxylic acids is 1. The number of aromatic amines is 1. The van der Waals surface area contributed by atoms with Gasteiger partial charge in [0.15, 0.2) is 5.78 Å². The lowest BCUT2D eigenvalue weighted by atomic mass is 9.71. The monoisotopic (exact) mass is 522 g/mol. The molecule has 3 aliphatic rings. The first kappa shape index (κ1) is 26.9. The molecule has 5 rings (SSSR count). The summed E-state index contributed by atoms with van der Waals surface area (Å²) < 4.78 is 12.4. The predicted molar refractivity (Wildman–Crippen MR) is 145 cm³/mol. The van der Waals surface area contributed by atoms with E-state index in [1.807, 2.05) is 78.9 Å². The number of nitrogens with one attached hydrogen (secondary N) is 2. The van der Waals surface area contributed by atoms with E-state index >= 15 is 0 Å². The molecule has 3 aliphatic heterocycles. The average Bonchev–Trinajstić information content (AvgIpc) is 3.60. The van der Waals surface area contributed by atoms with Gasteiger partial charge in [-0.25, -0.2) is 9.78 Å². The molecule has 1 aromatic heterocycles. The number of H-pyrrole nitrogens is 1. The number of carboxylic acid groups (broad SMARTS) is 1. The van der Waals surface area contributed by atoms with Gasteiger partial charge in [-0.1, -0.05) is 38.1 Å². The lowest BCUT2D eigenvalue weighted by Crippen LogP contribution is -2.61. The van der Waals surface area contributed by atoms with E-state index in [1.54, 1.807) is 0 Å². The van der Waals surface area contributed by atoms with E-state index in [-0.39, 0.29) is 23.5 Å². The summed E-state index contributed by atoms with van der Waals surface area (Å²) in [6.07, 6.45) is 1.63. The third-order valence-electron chi connectivity index (χ3n) is 9.32. The fraction of sp³-hybridized carbons (Fsp3) is 0.607. The minimum absolute atomic E-state index is 0.0909. The Kier molecular flexibility index (Phi) is 6.52. The molecule has 0 aliphatic carbocycles. The summed E-state index contributed by atoms with van der Waals surface area (Å²) in [7, 11) is -0.422. The largest absolute Gasteiger partial charge is 0.494 e. The number of fused-ring (bicyclic) bond motifs is 2. The number of Topliss-reactive ketones (excluding diaryl/α,β-unsaturated/α-hetero) is 1. The van der Waals surface area contributed by atoms with Gasteiger partial charge >= 0.3 is 13.2 Å². The van der Waals surface area contributed by atoms with E-state index in [2.05, 4.69) is 15.2 Å². The van der Waals surface area contributed by atoms with Crippen LogP contribution in [0.15, 0.2) is 30.5 Å². The summed E-state index contributed by atoms with van der Waals surface area (Å²) >= 11 is 0. The van der Waals surface area contributed by atoms with Crippen molar-refractivity contribution in [3.63, 3.8) is 0 Å². The Morgan fingerprint density at radius 1 is 1.13 bits per heavy atom. The van der Waals surface area contributed by atoms with Crippen LogP contribution in [-0.2, 0) is 14.1 Å². The highest BCUT2D eigenvalue weighted by Crippen LogP contribution is 2.51. The zero-order valence-corrected chi connectivity index (χ0v) is 23.4. The first-order valence-electron chi connectivity index (χ1n) is 13.5. The molecular weight excluding hydrogens is 483 g/mol. The standard InChI is InChI=1S/C28H39BN4O5/c1-16(2)22(32-25(35)36)23(34)28(7)21(18-12-13-33(28)15-18)24-30-14-20(31-24)17-8-10-19(11-9-17)29-37-26(3,4)27(5,6)38-29/h8-11,14,16,18,21-22,32H,12-13,15H2,1-7H3,(H,30,31)(H,35,36). The number of ketones is 1. The summed E-state index contributed by atoms with van der Waals surface area (Å²) in [4.78, 5) is 35.9. The maximum Gasteiger partial charge on any atom is 0.494 e. The Hall–Kier alpha value is -2.69. The maximum absolute atomic E-state index is 13.9. The number of imidazole rings is 1. The van der Waals surface area contributed by atoms with Gasteiger partial charge in [-0.15, -0.1) is 0 Å². The number of hydrogen-bond donors (Lipinski definition) is 3. The van der Waals surface area contributed by atoms with Gasteiger partial charge in [0.05, 0.1) is 34.7 Å². The first-order chi connectivity index (χ1) is 17.7. The van der Waals surface area contributed by atoms with Crippen LogP contribution in [0.4, 0.5) is 4.79 Å². The third kappa shape index (κ3) is 4.27. The van der Waals surface area contributed by atoms with Crippen LogP contribution in [0, 0.1) is 11.8 Å². The molecule has 2 bridgehead atoms. The second-order valence-electron chi connectivity index (χ2n) is 12.5. The van der Waals surface area contributed by atoms with Crippen LogP contribution in [0.25, 0.3) is 11.3 Å². The van der Waals surface area contributed by atoms with Crippen LogP contribution in [-0.4, -0.2) is 74.8 Å². The minimum atomic E-state index is -1.18. The van der Waals surface area contributed by atoms with Gasteiger partial charge in [0.25, 0.3) is 0 Å². The Morgan fingerprint density at radius 3 is 2.34 bits per heavy atom. The Balaban J connectivity index is 1.39. The van der Waals surface area contributed by atoms with Crippen LogP contribution in [0.1, 0.15) is 66.6 Å². The molecule has 3 fully saturated rings. The lowest BCUT2D eigenvalue weighted by molar-refractivity contribution is -0.133. The van der Waals surface area contributed by atoms with Gasteiger partial charge in [-0.3, -0.25) is 9.69 Å². The fourth-order valence-corrected chi connectivity index (χ4v) is 6.36. The highest BCUT2D eigenvalue weighted by atomic mass is 16.7. The number of piperidine rings is 1. The van der Waals surface area contributed by atoms with E-state index in [0.717, 1.165) is 42.1 Å². The van der Waals surface area contributed by atoms with Crippen LogP contribution < -0.4 is 10.8 Å². The Bertz CT molecular complexity index is 1210. The minimum Gasteiger partial charge on any atom is -0.465 e. The number of benzene rings is 1. The molecule has 0 radical (unpaired) electrons. The van der Waals surface area contributed by atoms with Crippen LogP contribution >= 0.6 is 0 Å². The van der Waals surface area contributed by atoms with E-state index in [9.17, 15) is 14.7 Å². The SMILES string of the molecule is CC(C)C(NC(=O)O)C(=O)C1(C)C(c2ncc(-c3ccc(B4OC(C)(C)C(C)(C)O4)cc3)[nH]2)C2CCN1C2. The van der Waals surface area contributed by atoms with Gasteiger partial charge < -0.3 is 24.7 Å². The summed E-state index contributed by atoms with van der Waals surface area (Å²) in [5.74, 6) is 0.665. The summed E-state index contributed by atoms with van der Waals surface area (Å²) in [6, 6.07) is 7.30. The van der Waals surface area contributed by atoms with Crippen LogP contribution in [0.3, 0.4) is 0 Å². The lowest BCUT2D eigenvalue weighted by Gasteiger charge is -2.43. The molecule has 5 atom stereocenters. The molecule has 9 nitrogen and oxygen atoms in total. The van der Waals surface area contributed by atoms with Gasteiger partial charge in [0.1, 0.15) is 5.82 Å². The van der Waals surface area contributed by atoms with Crippen molar-refractivity contribution in [2.75, 3.05) is 13.1 Å². The van der Waals surface area contributed by atoms with Crippen LogP contribution in [0.2, 0.25) is 0 Å². The topological polar surface area (TPSA) is 117 Å². The van der Waals surface area contributed by atoms with Crippen molar-refractivity contribution in [1.29, 1.82) is 0 Å². The smallest absolute Gasteiger partial charge is 0.465 e. The zero-order valence-electron chi connectivity index (χ0n) is 23.4. The number of hydrogen-bond acceptors (Lipinski definition) is 6. The highest BCUT2D eigenvalue weighted by Gasteiger charge is 2.61. The Morgan fingerprint density at radius 2 is 1.76 bits per heavy atom. The number of rotatable bonds is 7. The number of nitrogens with zero attached hydrogens (tertiary/aromatic N) is 2. The van der Waals surface area contributed by atoms with Crippen molar-refractivity contribution in [3.05, 3.63) is 36.3 Å². The molecule has 10 heteroatoms. The number of aromatic nitrogens is 2. The number of carbonyl (C=O) groups is 2. The van der Waals surface area contributed by atoms with E-state index in [4.69, 9.17) is 14.3 Å². The molecule has 1 amide bonds. The molecule has 0 spiro atoms. The molecule has 2 aromatic rings. The fourth-order valence-electron chi connectivity index (χ4n) is 6.36. The second kappa shape index (κ2) is 9.21. The van der Waals surface area contributed by atoms with E-state index in [0.29, 0.717) is 0 Å². The van der Waals surface area contributed by atoms with Gasteiger partial charge in [-0.05, 0) is 70.4 Å². The molecule has 5 unspecified atom stereocenters. The van der Waals surface area contributed by atoms with Gasteiger partial charge in [0, 0.05) is 12.5 Å². The van der Waals surface area contributed by atoms with Crippen molar-refractivity contribution in [1.82, 2.24) is 20.2 Å². The quantitative estimate of drug-likeness (QED) is 0.477. The average molecular weight is 522 g/mol. The molecule has 3 N–H and O–H groups in total. The van der Waals surface area contributed by atoms with Gasteiger partial charge in [-0.2, -0.15) is 0 Å². The Labute approximate surface area is 224 Å². The molecular formula is C28H39BN4O5. The highest BCUT2D eigenvalue weighted by molar-refractivity contribution is 6.62. The zero-order chi connectivity index (χ0) is 27.6. The van der Waals surface area contributed by atoms with Crippen molar-refractivity contribution in [2.24, 2.45) is 11.8 Å². The maximum atomic E-state index is 13.9. The van der Waals surface area contributed by atoms with E-state index < -0.39 is 36.0 Å². The normalized spacial score (nSPS) is 30.1.